The second-order valence-corrected chi connectivity index (χ2v) is 9.46. The fraction of sp³-hybridized carbons (Fsp3) is 0.458. The molecule has 1 fully saturated rings. The lowest BCUT2D eigenvalue weighted by atomic mass is 9.88. The zero-order valence-electron chi connectivity index (χ0n) is 18.4. The van der Waals surface area contributed by atoms with Gasteiger partial charge >= 0.3 is 0 Å². The lowest BCUT2D eigenvalue weighted by Gasteiger charge is -2.36. The molecule has 1 aromatic carbocycles. The van der Waals surface area contributed by atoms with Gasteiger partial charge in [0.15, 0.2) is 0 Å². The van der Waals surface area contributed by atoms with Gasteiger partial charge in [0.1, 0.15) is 6.04 Å². The van der Waals surface area contributed by atoms with E-state index in [1.54, 1.807) is 6.07 Å². The van der Waals surface area contributed by atoms with Crippen LogP contribution in [0.1, 0.15) is 52.3 Å². The molecule has 0 unspecified atom stereocenters. The second-order valence-electron chi connectivity index (χ2n) is 8.51. The van der Waals surface area contributed by atoms with Crippen LogP contribution < -0.4 is 10.6 Å². The molecular weight excluding hydrogens is 410 g/mol. The molecule has 1 aliphatic rings. The monoisotopic (exact) mass is 441 g/mol. The van der Waals surface area contributed by atoms with Crippen LogP contribution in [-0.2, 0) is 4.79 Å². The minimum absolute atomic E-state index is 0.0167. The summed E-state index contributed by atoms with van der Waals surface area (Å²) >= 11 is 1.36. The number of benzene rings is 1. The summed E-state index contributed by atoms with van der Waals surface area (Å²) in [6.45, 7) is 7.72. The number of rotatable bonds is 7. The number of thiophene rings is 1. The zero-order valence-corrected chi connectivity index (χ0v) is 19.2. The molecule has 2 heterocycles. The van der Waals surface area contributed by atoms with E-state index in [0.29, 0.717) is 43.3 Å². The Morgan fingerprint density at radius 1 is 1.10 bits per heavy atom. The summed E-state index contributed by atoms with van der Waals surface area (Å²) in [5.41, 5.74) is 1.68. The number of carbonyl (C=O) groups is 3. The second kappa shape index (κ2) is 10.6. The summed E-state index contributed by atoms with van der Waals surface area (Å²) in [4.78, 5) is 40.9. The number of likely N-dealkylation sites (tertiary alicyclic amines) is 1. The van der Waals surface area contributed by atoms with Crippen molar-refractivity contribution >= 4 is 29.1 Å². The van der Waals surface area contributed by atoms with Gasteiger partial charge in [0.05, 0.1) is 4.88 Å². The fourth-order valence-corrected chi connectivity index (χ4v) is 4.48. The third-order valence-electron chi connectivity index (χ3n) is 5.67. The molecule has 0 bridgehead atoms. The molecule has 6 nitrogen and oxygen atoms in total. The highest BCUT2D eigenvalue weighted by atomic mass is 32.1. The molecule has 0 aliphatic carbocycles. The third-order valence-corrected chi connectivity index (χ3v) is 6.54. The molecule has 1 atom stereocenters. The van der Waals surface area contributed by atoms with E-state index in [1.807, 2.05) is 61.4 Å². The summed E-state index contributed by atoms with van der Waals surface area (Å²) in [5, 5.41) is 7.77. The average Bonchev–Trinajstić information content (AvgIpc) is 3.31. The summed E-state index contributed by atoms with van der Waals surface area (Å²) in [6, 6.07) is 10.6. The zero-order chi connectivity index (χ0) is 22.4. The van der Waals surface area contributed by atoms with Gasteiger partial charge in [0, 0.05) is 25.2 Å². The maximum atomic E-state index is 12.9. The van der Waals surface area contributed by atoms with Crippen LogP contribution >= 0.6 is 11.3 Å². The molecule has 31 heavy (non-hydrogen) atoms. The third kappa shape index (κ3) is 5.94. The first-order valence-corrected chi connectivity index (χ1v) is 11.7. The van der Waals surface area contributed by atoms with E-state index in [9.17, 15) is 14.4 Å². The molecule has 166 valence electrons. The number of piperidine rings is 1. The number of carbonyl (C=O) groups excluding carboxylic acids is 3. The smallest absolute Gasteiger partial charge is 0.262 e. The molecule has 2 N–H and O–H groups in total. The number of aryl methyl sites for hydroxylation is 1. The maximum Gasteiger partial charge on any atom is 0.262 e. The number of hydrogen-bond donors (Lipinski definition) is 2. The van der Waals surface area contributed by atoms with Crippen molar-refractivity contribution in [3.05, 3.63) is 57.8 Å². The highest BCUT2D eigenvalue weighted by Crippen LogP contribution is 2.24. The Kier molecular flexibility index (Phi) is 7.85. The van der Waals surface area contributed by atoms with E-state index in [2.05, 4.69) is 10.6 Å². The van der Waals surface area contributed by atoms with Crippen molar-refractivity contribution in [3.63, 3.8) is 0 Å². The van der Waals surface area contributed by atoms with Crippen molar-refractivity contribution in [3.8, 4) is 0 Å². The summed E-state index contributed by atoms with van der Waals surface area (Å²) in [5.74, 6) is -0.0384. The predicted octanol–water partition coefficient (Wildman–Crippen LogP) is 3.48. The van der Waals surface area contributed by atoms with E-state index in [4.69, 9.17) is 0 Å². The molecule has 0 saturated carbocycles. The Bertz CT molecular complexity index is 903. The van der Waals surface area contributed by atoms with Gasteiger partial charge in [-0.1, -0.05) is 38.1 Å². The van der Waals surface area contributed by atoms with Gasteiger partial charge in [-0.3, -0.25) is 14.4 Å². The normalized spacial score (nSPS) is 15.5. The lowest BCUT2D eigenvalue weighted by molar-refractivity contribution is -0.124. The van der Waals surface area contributed by atoms with Crippen molar-refractivity contribution in [2.24, 2.45) is 11.8 Å². The van der Waals surface area contributed by atoms with Gasteiger partial charge in [-0.05, 0) is 54.7 Å². The average molecular weight is 442 g/mol. The Morgan fingerprint density at radius 3 is 2.42 bits per heavy atom. The summed E-state index contributed by atoms with van der Waals surface area (Å²) in [6.07, 6.45) is 1.34. The molecule has 0 radical (unpaired) electrons. The van der Waals surface area contributed by atoms with Crippen LogP contribution in [-0.4, -0.2) is 48.3 Å². The predicted molar refractivity (Wildman–Crippen MR) is 123 cm³/mol. The number of amides is 3. The van der Waals surface area contributed by atoms with Gasteiger partial charge in [-0.2, -0.15) is 0 Å². The highest BCUT2D eigenvalue weighted by Gasteiger charge is 2.34. The van der Waals surface area contributed by atoms with Gasteiger partial charge in [0.25, 0.3) is 11.8 Å². The van der Waals surface area contributed by atoms with Gasteiger partial charge in [0.2, 0.25) is 5.91 Å². The first-order valence-electron chi connectivity index (χ1n) is 10.8. The molecule has 7 heteroatoms. The molecule has 2 aromatic rings. The quantitative estimate of drug-likeness (QED) is 0.691. The Hall–Kier alpha value is -2.67. The van der Waals surface area contributed by atoms with E-state index >= 15 is 0 Å². The van der Waals surface area contributed by atoms with E-state index in [0.717, 1.165) is 11.1 Å². The molecule has 1 saturated heterocycles. The first-order chi connectivity index (χ1) is 14.9. The van der Waals surface area contributed by atoms with Crippen LogP contribution in [0.15, 0.2) is 41.8 Å². The number of nitrogens with zero attached hydrogens (tertiary/aromatic N) is 1. The molecule has 0 spiro atoms. The minimum Gasteiger partial charge on any atom is -0.354 e. The Labute approximate surface area is 188 Å². The van der Waals surface area contributed by atoms with Crippen molar-refractivity contribution in [1.29, 1.82) is 0 Å². The van der Waals surface area contributed by atoms with Crippen LogP contribution in [0, 0.1) is 18.8 Å². The SMILES string of the molecule is Cc1ccccc1C(=O)N1CCC([C@H](NC(=O)c2cccs2)C(=O)NCC(C)C)CC1. The molecular formula is C24H31N3O3S. The van der Waals surface area contributed by atoms with Crippen LogP contribution in [0.3, 0.4) is 0 Å². The van der Waals surface area contributed by atoms with Gasteiger partial charge in [-0.25, -0.2) is 0 Å². The van der Waals surface area contributed by atoms with E-state index in [1.165, 1.54) is 11.3 Å². The van der Waals surface area contributed by atoms with Crippen molar-refractivity contribution in [1.82, 2.24) is 15.5 Å². The molecule has 3 rings (SSSR count). The van der Waals surface area contributed by atoms with Crippen molar-refractivity contribution < 1.29 is 14.4 Å². The standard InChI is InChI=1S/C24H31N3O3S/c1-16(2)15-25-23(29)21(26-22(28)20-9-6-14-31-20)18-10-12-27(13-11-18)24(30)19-8-5-4-7-17(19)3/h4-9,14,16,18,21H,10-13,15H2,1-3H3,(H,25,29)(H,26,28)/t21-/m0/s1. The van der Waals surface area contributed by atoms with Gasteiger partial charge < -0.3 is 15.5 Å². The van der Waals surface area contributed by atoms with Crippen LogP contribution in [0.4, 0.5) is 0 Å². The Balaban J connectivity index is 1.67. The number of nitrogens with one attached hydrogen (secondary N) is 2. The molecule has 3 amide bonds. The lowest BCUT2D eigenvalue weighted by Crippen LogP contribution is -2.54. The largest absolute Gasteiger partial charge is 0.354 e. The summed E-state index contributed by atoms with van der Waals surface area (Å²) in [7, 11) is 0. The topological polar surface area (TPSA) is 78.5 Å². The molecule has 1 aromatic heterocycles. The van der Waals surface area contributed by atoms with Crippen LogP contribution in [0.2, 0.25) is 0 Å². The van der Waals surface area contributed by atoms with E-state index < -0.39 is 6.04 Å². The van der Waals surface area contributed by atoms with Crippen LogP contribution in [0.5, 0.6) is 0 Å². The molecule has 1 aliphatic heterocycles. The van der Waals surface area contributed by atoms with Crippen molar-refractivity contribution in [2.45, 2.75) is 39.7 Å². The first kappa shape index (κ1) is 23.0. The minimum atomic E-state index is -0.607. The maximum absolute atomic E-state index is 12.9. The van der Waals surface area contributed by atoms with Crippen LogP contribution in [0.25, 0.3) is 0 Å². The van der Waals surface area contributed by atoms with Gasteiger partial charge in [-0.15, -0.1) is 11.3 Å². The highest BCUT2D eigenvalue weighted by molar-refractivity contribution is 7.12. The van der Waals surface area contributed by atoms with E-state index in [-0.39, 0.29) is 23.6 Å². The summed E-state index contributed by atoms with van der Waals surface area (Å²) < 4.78 is 0. The Morgan fingerprint density at radius 2 is 1.81 bits per heavy atom. The number of hydrogen-bond acceptors (Lipinski definition) is 4. The fourth-order valence-electron chi connectivity index (χ4n) is 3.85. The van der Waals surface area contributed by atoms with Crippen molar-refractivity contribution in [2.75, 3.05) is 19.6 Å².